The van der Waals surface area contributed by atoms with E-state index in [2.05, 4.69) is 0 Å². The lowest BCUT2D eigenvalue weighted by molar-refractivity contribution is 0.902. The molecule has 96 valence electrons. The highest BCUT2D eigenvalue weighted by Gasteiger charge is 2.14. The monoisotopic (exact) mass is 245 g/mol. The Balaban J connectivity index is 3.06. The minimum Gasteiger partial charge on any atom is -0.394 e. The largest absolute Gasteiger partial charge is 0.394 e. The Bertz CT molecular complexity index is 656. The maximum absolute atomic E-state index is 12.1. The van der Waals surface area contributed by atoms with Crippen LogP contribution in [0.3, 0.4) is 0 Å². The molecule has 0 spiro atoms. The van der Waals surface area contributed by atoms with Gasteiger partial charge in [0, 0.05) is 32.2 Å². The van der Waals surface area contributed by atoms with Crippen LogP contribution in [0.2, 0.25) is 0 Å². The molecule has 2 N–H and O–H groups in total. The maximum Gasteiger partial charge on any atom is 0.274 e. The molecule has 0 aliphatic rings. The number of anilines is 2. The fraction of sp³-hybridized carbons (Fsp3) is 0.357. The number of rotatable bonds is 2. The smallest absolute Gasteiger partial charge is 0.274 e. The quantitative estimate of drug-likeness (QED) is 0.877. The van der Waals surface area contributed by atoms with Crippen molar-refractivity contribution >= 4 is 22.3 Å². The van der Waals surface area contributed by atoms with Crippen molar-refractivity contribution in [2.45, 2.75) is 13.3 Å². The molecule has 0 aliphatic heterocycles. The van der Waals surface area contributed by atoms with Crippen molar-refractivity contribution in [1.82, 2.24) is 4.57 Å². The van der Waals surface area contributed by atoms with Crippen LogP contribution in [-0.2, 0) is 13.5 Å². The number of fused-ring (bicyclic) bond motifs is 1. The molecule has 2 aromatic rings. The first-order valence-corrected chi connectivity index (χ1v) is 6.06. The van der Waals surface area contributed by atoms with Gasteiger partial charge in [-0.05, 0) is 24.1 Å². The second-order valence-electron chi connectivity index (χ2n) is 4.68. The van der Waals surface area contributed by atoms with Crippen LogP contribution in [0.4, 0.5) is 11.4 Å². The lowest BCUT2D eigenvalue weighted by atomic mass is 10.0. The predicted octanol–water partition coefficient (Wildman–Crippen LogP) is 1.75. The van der Waals surface area contributed by atoms with E-state index < -0.39 is 0 Å². The highest BCUT2D eigenvalue weighted by molar-refractivity contribution is 5.97. The van der Waals surface area contributed by atoms with Crippen LogP contribution in [0.15, 0.2) is 23.0 Å². The third-order valence-corrected chi connectivity index (χ3v) is 3.38. The molecule has 0 radical (unpaired) electrons. The minimum absolute atomic E-state index is 0.116. The van der Waals surface area contributed by atoms with E-state index in [-0.39, 0.29) is 5.56 Å². The number of hydrogen-bond donors (Lipinski definition) is 1. The number of aryl methyl sites for hydroxylation is 2. The van der Waals surface area contributed by atoms with Crippen molar-refractivity contribution < 1.29 is 0 Å². The summed E-state index contributed by atoms with van der Waals surface area (Å²) in [6, 6.07) is 5.97. The van der Waals surface area contributed by atoms with Crippen LogP contribution in [0.1, 0.15) is 12.5 Å². The first kappa shape index (κ1) is 12.5. The lowest BCUT2D eigenvalue weighted by Crippen LogP contribution is -2.23. The molecule has 18 heavy (non-hydrogen) atoms. The van der Waals surface area contributed by atoms with Crippen LogP contribution in [0, 0.1) is 0 Å². The Hall–Kier alpha value is -1.97. The Kier molecular flexibility index (Phi) is 3.03. The van der Waals surface area contributed by atoms with Gasteiger partial charge in [-0.3, -0.25) is 4.79 Å². The third-order valence-electron chi connectivity index (χ3n) is 3.38. The van der Waals surface area contributed by atoms with Gasteiger partial charge in [0.1, 0.15) is 5.69 Å². The summed E-state index contributed by atoms with van der Waals surface area (Å²) in [7, 11) is 5.75. The highest BCUT2D eigenvalue weighted by Crippen LogP contribution is 2.30. The van der Waals surface area contributed by atoms with E-state index in [4.69, 9.17) is 5.73 Å². The molecule has 0 atom stereocenters. The molecule has 4 heteroatoms. The summed E-state index contributed by atoms with van der Waals surface area (Å²) in [5.41, 5.74) is 9.18. The molecule has 0 saturated carbocycles. The highest BCUT2D eigenvalue weighted by atomic mass is 16.1. The van der Waals surface area contributed by atoms with Crippen molar-refractivity contribution in [3.63, 3.8) is 0 Å². The Morgan fingerprint density at radius 1 is 1.33 bits per heavy atom. The molecule has 0 amide bonds. The second-order valence-corrected chi connectivity index (χ2v) is 4.68. The minimum atomic E-state index is -0.116. The van der Waals surface area contributed by atoms with Crippen molar-refractivity contribution in [1.29, 1.82) is 0 Å². The number of nitrogen functional groups attached to an aromatic ring is 1. The summed E-state index contributed by atoms with van der Waals surface area (Å²) in [6.45, 7) is 2.02. The summed E-state index contributed by atoms with van der Waals surface area (Å²) in [6.07, 6.45) is 0.753. The Morgan fingerprint density at radius 3 is 2.56 bits per heavy atom. The zero-order valence-corrected chi connectivity index (χ0v) is 11.3. The van der Waals surface area contributed by atoms with Crippen LogP contribution in [0.5, 0.6) is 0 Å². The van der Waals surface area contributed by atoms with Gasteiger partial charge in [-0.15, -0.1) is 0 Å². The molecule has 1 aromatic heterocycles. The van der Waals surface area contributed by atoms with Gasteiger partial charge in [-0.1, -0.05) is 13.0 Å². The van der Waals surface area contributed by atoms with Crippen molar-refractivity contribution in [3.05, 3.63) is 34.1 Å². The number of nitrogens with two attached hydrogens (primary N) is 1. The van der Waals surface area contributed by atoms with Gasteiger partial charge in [-0.25, -0.2) is 0 Å². The molecule has 0 fully saturated rings. The van der Waals surface area contributed by atoms with Crippen LogP contribution in [-0.4, -0.2) is 18.7 Å². The van der Waals surface area contributed by atoms with Crippen molar-refractivity contribution in [2.75, 3.05) is 24.7 Å². The number of aromatic nitrogens is 1. The van der Waals surface area contributed by atoms with Gasteiger partial charge in [0.2, 0.25) is 0 Å². The zero-order valence-electron chi connectivity index (χ0n) is 11.3. The maximum atomic E-state index is 12.1. The van der Waals surface area contributed by atoms with Gasteiger partial charge in [0.15, 0.2) is 0 Å². The topological polar surface area (TPSA) is 51.3 Å². The van der Waals surface area contributed by atoms with E-state index in [1.807, 2.05) is 44.1 Å². The standard InChI is InChI=1S/C14H19N3O/c1-5-9-12-10(16(2)3)7-6-8-11(12)17(4)14(18)13(9)15/h6-8H,5,15H2,1-4H3. The van der Waals surface area contributed by atoms with E-state index >= 15 is 0 Å². The summed E-state index contributed by atoms with van der Waals surface area (Å²) in [5, 5.41) is 1.07. The van der Waals surface area contributed by atoms with Crippen LogP contribution < -0.4 is 16.2 Å². The van der Waals surface area contributed by atoms with E-state index in [1.54, 1.807) is 11.6 Å². The normalized spacial score (nSPS) is 10.9. The molecule has 2 rings (SSSR count). The summed E-state index contributed by atoms with van der Waals surface area (Å²) >= 11 is 0. The van der Waals surface area contributed by atoms with Crippen LogP contribution in [0.25, 0.3) is 10.9 Å². The molecule has 4 nitrogen and oxygen atoms in total. The molecular formula is C14H19N3O. The Labute approximate surface area is 107 Å². The van der Waals surface area contributed by atoms with Gasteiger partial charge in [0.25, 0.3) is 5.56 Å². The number of hydrogen-bond acceptors (Lipinski definition) is 3. The zero-order chi connectivity index (χ0) is 13.4. The number of nitrogens with zero attached hydrogens (tertiary/aromatic N) is 2. The molecule has 1 aromatic carbocycles. The number of pyridine rings is 1. The average Bonchev–Trinajstić information content (AvgIpc) is 2.36. The molecule has 0 bridgehead atoms. The van der Waals surface area contributed by atoms with E-state index in [9.17, 15) is 4.79 Å². The molecular weight excluding hydrogens is 226 g/mol. The van der Waals surface area contributed by atoms with E-state index in [0.29, 0.717) is 5.69 Å². The fourth-order valence-electron chi connectivity index (χ4n) is 2.41. The van der Waals surface area contributed by atoms with Crippen molar-refractivity contribution in [3.8, 4) is 0 Å². The first-order chi connectivity index (χ1) is 8.49. The fourth-order valence-corrected chi connectivity index (χ4v) is 2.41. The average molecular weight is 245 g/mol. The first-order valence-electron chi connectivity index (χ1n) is 6.06. The van der Waals surface area contributed by atoms with E-state index in [0.717, 1.165) is 28.6 Å². The number of benzene rings is 1. The predicted molar refractivity (Wildman–Crippen MR) is 77.3 cm³/mol. The molecule has 0 saturated heterocycles. The lowest BCUT2D eigenvalue weighted by Gasteiger charge is -2.20. The van der Waals surface area contributed by atoms with Gasteiger partial charge >= 0.3 is 0 Å². The second kappa shape index (κ2) is 4.37. The summed E-state index contributed by atoms with van der Waals surface area (Å²) in [5.74, 6) is 0. The molecule has 0 unspecified atom stereocenters. The third kappa shape index (κ3) is 1.65. The SMILES string of the molecule is CCc1c(N)c(=O)n(C)c2cccc(N(C)C)c12. The van der Waals surface area contributed by atoms with E-state index in [1.165, 1.54) is 0 Å². The summed E-state index contributed by atoms with van der Waals surface area (Å²) in [4.78, 5) is 14.1. The summed E-state index contributed by atoms with van der Waals surface area (Å²) < 4.78 is 1.62. The van der Waals surface area contributed by atoms with Crippen molar-refractivity contribution in [2.24, 2.45) is 7.05 Å². The van der Waals surface area contributed by atoms with Gasteiger partial charge in [-0.2, -0.15) is 0 Å². The Morgan fingerprint density at radius 2 is 2.00 bits per heavy atom. The van der Waals surface area contributed by atoms with Crippen LogP contribution >= 0.6 is 0 Å². The van der Waals surface area contributed by atoms with Gasteiger partial charge < -0.3 is 15.2 Å². The van der Waals surface area contributed by atoms with Gasteiger partial charge in [0.05, 0.1) is 5.52 Å². The molecule has 1 heterocycles. The molecule has 0 aliphatic carbocycles.